The molecule has 4 fully saturated rings. The first kappa shape index (κ1) is 20.7. The molecule has 4 heteroatoms. The van der Waals surface area contributed by atoms with Gasteiger partial charge in [0.1, 0.15) is 5.60 Å². The molecule has 160 valence electrons. The maximum absolute atomic E-state index is 11.6. The van der Waals surface area contributed by atoms with E-state index in [-0.39, 0.29) is 17.0 Å². The minimum absolute atomic E-state index is 0.0893. The van der Waals surface area contributed by atoms with Crippen LogP contribution in [0.4, 0.5) is 0 Å². The summed E-state index contributed by atoms with van der Waals surface area (Å²) in [6.07, 6.45) is 10.4. The lowest BCUT2D eigenvalue weighted by atomic mass is 9.49. The maximum Gasteiger partial charge on any atom is 0.305 e. The molecular weight excluding hydrogens is 352 g/mol. The number of epoxide rings is 1. The summed E-state index contributed by atoms with van der Waals surface area (Å²) >= 11 is 0. The van der Waals surface area contributed by atoms with Crippen molar-refractivity contribution in [3.63, 3.8) is 0 Å². The van der Waals surface area contributed by atoms with Crippen LogP contribution in [-0.4, -0.2) is 36.5 Å². The summed E-state index contributed by atoms with van der Waals surface area (Å²) in [5, 5.41) is 10.1. The number of rotatable bonds is 7. The number of methoxy groups -OCH3 is 1. The second kappa shape index (κ2) is 7.58. The molecule has 4 aliphatic rings. The van der Waals surface area contributed by atoms with Crippen molar-refractivity contribution in [3.05, 3.63) is 0 Å². The van der Waals surface area contributed by atoms with E-state index in [1.807, 2.05) is 0 Å². The second-order valence-corrected chi connectivity index (χ2v) is 10.6. The van der Waals surface area contributed by atoms with Crippen LogP contribution in [0.25, 0.3) is 0 Å². The van der Waals surface area contributed by atoms with Gasteiger partial charge in [0, 0.05) is 13.0 Å². The first-order valence-electron chi connectivity index (χ1n) is 11.8. The highest BCUT2D eigenvalue weighted by Gasteiger charge is 2.74. The number of carbonyl (C=O) groups is 1. The van der Waals surface area contributed by atoms with Gasteiger partial charge in [0.2, 0.25) is 0 Å². The molecule has 0 amide bonds. The average molecular weight is 393 g/mol. The summed E-state index contributed by atoms with van der Waals surface area (Å²) < 4.78 is 11.5. The molecule has 4 rings (SSSR count). The number of hydrogen-bond acceptors (Lipinski definition) is 4. The van der Waals surface area contributed by atoms with Gasteiger partial charge in [-0.2, -0.15) is 0 Å². The zero-order chi connectivity index (χ0) is 20.1. The third-order valence-electron chi connectivity index (χ3n) is 9.60. The average Bonchev–Trinajstić information content (AvgIpc) is 3.28. The van der Waals surface area contributed by atoms with Crippen LogP contribution in [0.5, 0.6) is 0 Å². The molecule has 0 bridgehead atoms. The molecule has 3 saturated carbocycles. The molecule has 0 aromatic rings. The molecule has 1 aliphatic heterocycles. The van der Waals surface area contributed by atoms with E-state index in [1.165, 1.54) is 52.1 Å². The molecule has 3 aliphatic carbocycles. The number of esters is 1. The fraction of sp³-hybridized carbons (Fsp3) is 0.958. The zero-order valence-electron chi connectivity index (χ0n) is 18.3. The Morgan fingerprint density at radius 1 is 1.25 bits per heavy atom. The first-order chi connectivity index (χ1) is 13.4. The largest absolute Gasteiger partial charge is 0.469 e. The molecule has 0 aromatic carbocycles. The molecule has 9 unspecified atom stereocenters. The van der Waals surface area contributed by atoms with Crippen molar-refractivity contribution < 1.29 is 19.4 Å². The van der Waals surface area contributed by atoms with Gasteiger partial charge in [-0.3, -0.25) is 4.79 Å². The quantitative estimate of drug-likeness (QED) is 0.509. The van der Waals surface area contributed by atoms with Gasteiger partial charge in [0.15, 0.2) is 0 Å². The Morgan fingerprint density at radius 3 is 2.71 bits per heavy atom. The molecule has 4 nitrogen and oxygen atoms in total. The third-order valence-corrected chi connectivity index (χ3v) is 9.60. The monoisotopic (exact) mass is 392 g/mol. The van der Waals surface area contributed by atoms with E-state index in [0.29, 0.717) is 48.7 Å². The van der Waals surface area contributed by atoms with Crippen LogP contribution >= 0.6 is 0 Å². The number of aliphatic hydroxyl groups excluding tert-OH is 1. The summed E-state index contributed by atoms with van der Waals surface area (Å²) in [7, 11) is 1.48. The van der Waals surface area contributed by atoms with Crippen molar-refractivity contribution in [1.82, 2.24) is 0 Å². The number of ether oxygens (including phenoxy) is 2. The molecule has 0 aromatic heterocycles. The van der Waals surface area contributed by atoms with Crippen molar-refractivity contribution in [2.45, 2.75) is 90.3 Å². The topological polar surface area (TPSA) is 59.1 Å². The molecule has 9 atom stereocenters. The number of hydrogen-bond donors (Lipinski definition) is 1. The predicted octanol–water partition coefficient (Wildman–Crippen LogP) is 4.58. The lowest BCUT2D eigenvalue weighted by Crippen LogP contribution is -2.53. The summed E-state index contributed by atoms with van der Waals surface area (Å²) in [6, 6.07) is 0. The summed E-state index contributed by atoms with van der Waals surface area (Å²) in [5.74, 6) is 3.63. The molecule has 1 N–H and O–H groups in total. The predicted molar refractivity (Wildman–Crippen MR) is 109 cm³/mol. The molecule has 0 radical (unpaired) electrons. The van der Waals surface area contributed by atoms with Gasteiger partial charge < -0.3 is 14.6 Å². The van der Waals surface area contributed by atoms with Crippen molar-refractivity contribution in [2.24, 2.45) is 40.9 Å². The molecule has 1 saturated heterocycles. The highest BCUT2D eigenvalue weighted by molar-refractivity contribution is 5.69. The summed E-state index contributed by atoms with van der Waals surface area (Å²) in [5.41, 5.74) is 0.370. The van der Waals surface area contributed by atoms with Gasteiger partial charge in [-0.15, -0.1) is 0 Å². The molecule has 1 spiro atoms. The standard InChI is InChI=1S/C24H40O4/c1-5-12-23(3)16(14-25)7-8-17-19-10-9-18(15(2)6-11-22(26)27-4)24(19)21(28-24)13-20(17)23/h15-21,25H,5-14H2,1-4H3. The van der Waals surface area contributed by atoms with Gasteiger partial charge in [-0.25, -0.2) is 0 Å². The smallest absolute Gasteiger partial charge is 0.305 e. The highest BCUT2D eigenvalue weighted by Crippen LogP contribution is 2.71. The Labute approximate surface area is 170 Å². The third kappa shape index (κ3) is 2.96. The van der Waals surface area contributed by atoms with E-state index >= 15 is 0 Å². The van der Waals surface area contributed by atoms with E-state index in [1.54, 1.807) is 0 Å². The van der Waals surface area contributed by atoms with Gasteiger partial charge in [-0.05, 0) is 85.9 Å². The Morgan fingerprint density at radius 2 is 2.04 bits per heavy atom. The van der Waals surface area contributed by atoms with E-state index < -0.39 is 0 Å². The van der Waals surface area contributed by atoms with Gasteiger partial charge in [0.25, 0.3) is 0 Å². The number of fused-ring (bicyclic) bond motifs is 2. The van der Waals surface area contributed by atoms with Crippen molar-refractivity contribution in [1.29, 1.82) is 0 Å². The van der Waals surface area contributed by atoms with Crippen LogP contribution in [0.2, 0.25) is 0 Å². The Balaban J connectivity index is 1.51. The summed E-state index contributed by atoms with van der Waals surface area (Å²) in [4.78, 5) is 11.6. The van der Waals surface area contributed by atoms with E-state index in [2.05, 4.69) is 20.8 Å². The Hall–Kier alpha value is -0.610. The number of aliphatic hydroxyl groups is 1. The SMILES string of the molecule is CCCC1(C)C(CO)CCC2C1CC1OC13C(C(C)CCC(=O)OC)CCC23. The fourth-order valence-electron chi connectivity index (χ4n) is 8.21. The van der Waals surface area contributed by atoms with Crippen molar-refractivity contribution in [3.8, 4) is 0 Å². The van der Waals surface area contributed by atoms with Crippen LogP contribution in [0.3, 0.4) is 0 Å². The van der Waals surface area contributed by atoms with E-state index in [9.17, 15) is 9.90 Å². The Kier molecular flexibility index (Phi) is 5.59. The maximum atomic E-state index is 11.6. The van der Waals surface area contributed by atoms with Gasteiger partial charge in [-0.1, -0.05) is 27.2 Å². The van der Waals surface area contributed by atoms with Crippen LogP contribution < -0.4 is 0 Å². The van der Waals surface area contributed by atoms with Crippen molar-refractivity contribution >= 4 is 5.97 Å². The van der Waals surface area contributed by atoms with Gasteiger partial charge in [0.05, 0.1) is 13.2 Å². The van der Waals surface area contributed by atoms with E-state index in [0.717, 1.165) is 12.3 Å². The lowest BCUT2D eigenvalue weighted by molar-refractivity contribution is -0.141. The minimum Gasteiger partial charge on any atom is -0.469 e. The fourth-order valence-corrected chi connectivity index (χ4v) is 8.21. The molecular formula is C24H40O4. The number of carbonyl (C=O) groups excluding carboxylic acids is 1. The second-order valence-electron chi connectivity index (χ2n) is 10.6. The normalized spacial score (nSPS) is 47.6. The lowest BCUT2D eigenvalue weighted by Gasteiger charge is -2.55. The molecule has 1 heterocycles. The van der Waals surface area contributed by atoms with Crippen LogP contribution in [-0.2, 0) is 14.3 Å². The van der Waals surface area contributed by atoms with E-state index in [4.69, 9.17) is 9.47 Å². The highest BCUT2D eigenvalue weighted by atomic mass is 16.6. The van der Waals surface area contributed by atoms with Crippen LogP contribution in [0.15, 0.2) is 0 Å². The minimum atomic E-state index is -0.0893. The first-order valence-corrected chi connectivity index (χ1v) is 11.8. The van der Waals surface area contributed by atoms with Crippen LogP contribution in [0.1, 0.15) is 78.6 Å². The van der Waals surface area contributed by atoms with Gasteiger partial charge >= 0.3 is 5.97 Å². The molecule has 28 heavy (non-hydrogen) atoms. The van der Waals surface area contributed by atoms with Crippen LogP contribution in [0, 0.1) is 40.9 Å². The Bertz CT molecular complexity index is 591. The zero-order valence-corrected chi connectivity index (χ0v) is 18.3. The summed E-state index contributed by atoms with van der Waals surface area (Å²) in [6.45, 7) is 7.42. The van der Waals surface area contributed by atoms with Crippen molar-refractivity contribution in [2.75, 3.05) is 13.7 Å².